The van der Waals surface area contributed by atoms with E-state index in [9.17, 15) is 14.7 Å². The molecular weight excluding hydrogens is 236 g/mol. The summed E-state index contributed by atoms with van der Waals surface area (Å²) in [7, 11) is 0. The van der Waals surface area contributed by atoms with Crippen LogP contribution in [0, 0.1) is 0 Å². The van der Waals surface area contributed by atoms with Gasteiger partial charge < -0.3 is 15.2 Å². The largest absolute Gasteiger partial charge is 0.479 e. The topological polar surface area (TPSA) is 78.9 Å². The summed E-state index contributed by atoms with van der Waals surface area (Å²) in [5, 5.41) is 12.4. The molecule has 2 N–H and O–H groups in total. The molecule has 0 unspecified atom stereocenters. The zero-order valence-corrected chi connectivity index (χ0v) is 11.4. The van der Waals surface area contributed by atoms with Crippen LogP contribution in [0.25, 0.3) is 0 Å². The zero-order valence-electron chi connectivity index (χ0n) is 11.4. The van der Waals surface area contributed by atoms with Gasteiger partial charge in [-0.25, -0.2) is 9.59 Å². The maximum atomic E-state index is 12.1. The fraction of sp³-hybridized carbons (Fsp3) is 0.833. The Kier molecular flexibility index (Phi) is 4.21. The van der Waals surface area contributed by atoms with Gasteiger partial charge in [0.1, 0.15) is 5.60 Å². The SMILES string of the molecule is CC(C)(C)OC(=O)N1CCCNC[C@]1(C)C(=O)O. The summed E-state index contributed by atoms with van der Waals surface area (Å²) in [6.07, 6.45) is 0.137. The van der Waals surface area contributed by atoms with E-state index < -0.39 is 23.2 Å². The molecule has 1 aliphatic heterocycles. The van der Waals surface area contributed by atoms with Crippen molar-refractivity contribution in [2.75, 3.05) is 19.6 Å². The molecule has 1 fully saturated rings. The summed E-state index contributed by atoms with van der Waals surface area (Å²) in [5.41, 5.74) is -1.89. The Hall–Kier alpha value is -1.30. The molecule has 1 rings (SSSR count). The van der Waals surface area contributed by atoms with Gasteiger partial charge in [0.2, 0.25) is 0 Å². The molecule has 104 valence electrons. The van der Waals surface area contributed by atoms with Crippen molar-refractivity contribution >= 4 is 12.1 Å². The van der Waals surface area contributed by atoms with Crippen LogP contribution in [0.2, 0.25) is 0 Å². The molecular formula is C12H22N2O4. The Balaban J connectivity index is 2.93. The minimum absolute atomic E-state index is 0.224. The van der Waals surface area contributed by atoms with E-state index in [0.29, 0.717) is 19.5 Å². The average molecular weight is 258 g/mol. The zero-order chi connectivity index (χ0) is 14.0. The van der Waals surface area contributed by atoms with Crippen LogP contribution in [0.3, 0.4) is 0 Å². The standard InChI is InChI=1S/C12H22N2O4/c1-11(2,3)18-10(17)14-7-5-6-13-8-12(14,4)9(15)16/h13H,5-8H2,1-4H3,(H,15,16)/t12-/m1/s1. The van der Waals surface area contributed by atoms with Gasteiger partial charge >= 0.3 is 12.1 Å². The quantitative estimate of drug-likeness (QED) is 0.735. The summed E-state index contributed by atoms with van der Waals surface area (Å²) in [6.45, 7) is 8.13. The van der Waals surface area contributed by atoms with Crippen molar-refractivity contribution in [2.24, 2.45) is 0 Å². The van der Waals surface area contributed by atoms with E-state index in [-0.39, 0.29) is 6.54 Å². The summed E-state index contributed by atoms with van der Waals surface area (Å²) in [4.78, 5) is 24.8. The molecule has 1 atom stereocenters. The third-order valence-electron chi connectivity index (χ3n) is 2.87. The van der Waals surface area contributed by atoms with Gasteiger partial charge in [0.05, 0.1) is 0 Å². The maximum absolute atomic E-state index is 12.1. The van der Waals surface area contributed by atoms with Gasteiger partial charge in [-0.1, -0.05) is 0 Å². The molecule has 0 bridgehead atoms. The second-order valence-corrected chi connectivity index (χ2v) is 5.74. The highest BCUT2D eigenvalue weighted by Crippen LogP contribution is 2.21. The van der Waals surface area contributed by atoms with Gasteiger partial charge in [-0.2, -0.15) is 0 Å². The highest BCUT2D eigenvalue weighted by molar-refractivity contribution is 5.84. The first-order valence-corrected chi connectivity index (χ1v) is 6.11. The van der Waals surface area contributed by atoms with Gasteiger partial charge in [0.25, 0.3) is 0 Å². The molecule has 1 heterocycles. The maximum Gasteiger partial charge on any atom is 0.411 e. The number of carbonyl (C=O) groups excluding carboxylic acids is 1. The predicted molar refractivity (Wildman–Crippen MR) is 66.5 cm³/mol. The first kappa shape index (κ1) is 14.8. The summed E-state index contributed by atoms with van der Waals surface area (Å²) in [5.74, 6) is -1.03. The lowest BCUT2D eigenvalue weighted by Crippen LogP contribution is -2.59. The van der Waals surface area contributed by atoms with E-state index in [2.05, 4.69) is 5.32 Å². The van der Waals surface area contributed by atoms with Crippen LogP contribution in [-0.2, 0) is 9.53 Å². The Morgan fingerprint density at radius 3 is 2.50 bits per heavy atom. The number of aliphatic carboxylic acids is 1. The van der Waals surface area contributed by atoms with E-state index in [1.165, 1.54) is 11.8 Å². The van der Waals surface area contributed by atoms with Crippen LogP contribution in [0.1, 0.15) is 34.1 Å². The molecule has 0 aromatic carbocycles. The van der Waals surface area contributed by atoms with Gasteiger partial charge in [0, 0.05) is 13.1 Å². The van der Waals surface area contributed by atoms with Crippen molar-refractivity contribution < 1.29 is 19.4 Å². The number of carbonyl (C=O) groups is 2. The van der Waals surface area contributed by atoms with Crippen LogP contribution in [0.5, 0.6) is 0 Å². The molecule has 0 aromatic rings. The smallest absolute Gasteiger partial charge is 0.411 e. The molecule has 1 amide bonds. The molecule has 1 aliphatic rings. The summed E-state index contributed by atoms with van der Waals surface area (Å²) < 4.78 is 5.27. The normalized spacial score (nSPS) is 25.4. The van der Waals surface area contributed by atoms with Crippen LogP contribution >= 0.6 is 0 Å². The number of nitrogens with zero attached hydrogens (tertiary/aromatic N) is 1. The lowest BCUT2D eigenvalue weighted by atomic mass is 10.0. The van der Waals surface area contributed by atoms with Crippen LogP contribution < -0.4 is 5.32 Å². The van der Waals surface area contributed by atoms with Crippen molar-refractivity contribution in [2.45, 2.75) is 45.3 Å². The first-order valence-electron chi connectivity index (χ1n) is 6.11. The molecule has 0 aliphatic carbocycles. The molecule has 0 saturated carbocycles. The monoisotopic (exact) mass is 258 g/mol. The Labute approximate surface area is 107 Å². The fourth-order valence-electron chi connectivity index (χ4n) is 1.84. The Morgan fingerprint density at radius 2 is 2.00 bits per heavy atom. The van der Waals surface area contributed by atoms with Crippen molar-refractivity contribution in [3.05, 3.63) is 0 Å². The van der Waals surface area contributed by atoms with E-state index in [1.54, 1.807) is 20.8 Å². The molecule has 1 saturated heterocycles. The van der Waals surface area contributed by atoms with Crippen molar-refractivity contribution in [3.8, 4) is 0 Å². The number of hydrogen-bond acceptors (Lipinski definition) is 4. The van der Waals surface area contributed by atoms with Crippen LogP contribution in [-0.4, -0.2) is 52.8 Å². The number of hydrogen-bond donors (Lipinski definition) is 2. The van der Waals surface area contributed by atoms with Crippen molar-refractivity contribution in [1.29, 1.82) is 0 Å². The number of nitrogens with one attached hydrogen (secondary N) is 1. The molecule has 0 spiro atoms. The average Bonchev–Trinajstić information content (AvgIpc) is 2.38. The highest BCUT2D eigenvalue weighted by atomic mass is 16.6. The second kappa shape index (κ2) is 5.14. The fourth-order valence-corrected chi connectivity index (χ4v) is 1.84. The van der Waals surface area contributed by atoms with Gasteiger partial charge in [-0.3, -0.25) is 4.90 Å². The van der Waals surface area contributed by atoms with Crippen molar-refractivity contribution in [3.63, 3.8) is 0 Å². The molecule has 0 radical (unpaired) electrons. The minimum atomic E-state index is -1.27. The lowest BCUT2D eigenvalue weighted by Gasteiger charge is -2.37. The van der Waals surface area contributed by atoms with E-state index in [1.807, 2.05) is 0 Å². The van der Waals surface area contributed by atoms with Gasteiger partial charge in [0.15, 0.2) is 5.54 Å². The van der Waals surface area contributed by atoms with E-state index in [0.717, 1.165) is 0 Å². The predicted octanol–water partition coefficient (Wildman–Crippen LogP) is 1.06. The number of carboxylic acids is 1. The van der Waals surface area contributed by atoms with Gasteiger partial charge in [-0.15, -0.1) is 0 Å². The summed E-state index contributed by atoms with van der Waals surface area (Å²) in [6, 6.07) is 0. The Morgan fingerprint density at radius 1 is 1.39 bits per heavy atom. The number of ether oxygens (including phenoxy) is 1. The van der Waals surface area contributed by atoms with Crippen LogP contribution in [0.15, 0.2) is 0 Å². The first-order chi connectivity index (χ1) is 8.17. The number of rotatable bonds is 1. The second-order valence-electron chi connectivity index (χ2n) is 5.74. The highest BCUT2D eigenvalue weighted by Gasteiger charge is 2.44. The van der Waals surface area contributed by atoms with Crippen molar-refractivity contribution in [1.82, 2.24) is 10.2 Å². The molecule has 6 nitrogen and oxygen atoms in total. The lowest BCUT2D eigenvalue weighted by molar-refractivity contribution is -0.149. The van der Waals surface area contributed by atoms with Crippen LogP contribution in [0.4, 0.5) is 4.79 Å². The van der Waals surface area contributed by atoms with Gasteiger partial charge in [-0.05, 0) is 40.7 Å². The third-order valence-corrected chi connectivity index (χ3v) is 2.87. The van der Waals surface area contributed by atoms with E-state index in [4.69, 9.17) is 4.74 Å². The Bertz CT molecular complexity index is 337. The minimum Gasteiger partial charge on any atom is -0.479 e. The molecule has 0 aromatic heterocycles. The van der Waals surface area contributed by atoms with E-state index >= 15 is 0 Å². The number of amides is 1. The summed E-state index contributed by atoms with van der Waals surface area (Å²) >= 11 is 0. The third kappa shape index (κ3) is 3.35. The number of carboxylic acid groups (broad SMARTS) is 1. The molecule has 18 heavy (non-hydrogen) atoms. The molecule has 6 heteroatoms.